The van der Waals surface area contributed by atoms with Crippen LogP contribution in [-0.4, -0.2) is 22.2 Å². The maximum atomic E-state index is 10.8. The molecule has 0 aromatic rings. The van der Waals surface area contributed by atoms with Crippen LogP contribution in [0.1, 0.15) is 104 Å². The van der Waals surface area contributed by atoms with Crippen LogP contribution in [0, 0.1) is 11.8 Å². The Balaban J connectivity index is 3.64. The van der Waals surface area contributed by atoms with Gasteiger partial charge in [-0.1, -0.05) is 97.3 Å². The van der Waals surface area contributed by atoms with E-state index in [2.05, 4.69) is 13.8 Å². The minimum atomic E-state index is -1.24. The van der Waals surface area contributed by atoms with Gasteiger partial charge in [0, 0.05) is 0 Å². The van der Waals surface area contributed by atoms with Crippen LogP contribution < -0.4 is 0 Å². The fourth-order valence-corrected chi connectivity index (χ4v) is 3.25. The predicted molar refractivity (Wildman–Crippen MR) is 98.2 cm³/mol. The number of carboxylic acids is 2. The molecule has 0 aliphatic carbocycles. The van der Waals surface area contributed by atoms with E-state index in [-0.39, 0.29) is 6.42 Å². The largest absolute Gasteiger partial charge is 0.481 e. The zero-order valence-electron chi connectivity index (χ0n) is 15.8. The van der Waals surface area contributed by atoms with Crippen molar-refractivity contribution in [1.82, 2.24) is 0 Å². The fraction of sp³-hybridized carbons (Fsp3) is 0.900. The van der Waals surface area contributed by atoms with Gasteiger partial charge in [-0.2, -0.15) is 0 Å². The molecular formula is C20H38O4. The van der Waals surface area contributed by atoms with Crippen LogP contribution in [0.15, 0.2) is 0 Å². The van der Waals surface area contributed by atoms with Crippen molar-refractivity contribution in [3.05, 3.63) is 0 Å². The highest BCUT2D eigenvalue weighted by atomic mass is 16.4. The van der Waals surface area contributed by atoms with Crippen molar-refractivity contribution < 1.29 is 19.8 Å². The Bertz CT molecular complexity index is 314. The number of aliphatic carboxylic acids is 2. The first-order chi connectivity index (χ1) is 11.5. The molecule has 0 spiro atoms. The Morgan fingerprint density at radius 3 is 1.54 bits per heavy atom. The van der Waals surface area contributed by atoms with Gasteiger partial charge in [0.05, 0.1) is 0 Å². The average molecular weight is 343 g/mol. The molecule has 1 atom stereocenters. The van der Waals surface area contributed by atoms with Crippen LogP contribution in [0.4, 0.5) is 0 Å². The summed E-state index contributed by atoms with van der Waals surface area (Å²) >= 11 is 0. The number of carboxylic acid groups (broad SMARTS) is 2. The number of hydrogen-bond acceptors (Lipinski definition) is 2. The van der Waals surface area contributed by atoms with Gasteiger partial charge in [0.15, 0.2) is 5.92 Å². The number of hydrogen-bond donors (Lipinski definition) is 2. The fourth-order valence-electron chi connectivity index (χ4n) is 3.25. The Morgan fingerprint density at radius 2 is 1.08 bits per heavy atom. The molecule has 0 radical (unpaired) electrons. The van der Waals surface area contributed by atoms with E-state index in [4.69, 9.17) is 10.2 Å². The molecule has 0 heterocycles. The highest BCUT2D eigenvalue weighted by Gasteiger charge is 2.24. The van der Waals surface area contributed by atoms with Gasteiger partial charge in [-0.25, -0.2) is 0 Å². The van der Waals surface area contributed by atoms with Crippen LogP contribution in [0.5, 0.6) is 0 Å². The summed E-state index contributed by atoms with van der Waals surface area (Å²) in [6.07, 6.45) is 16.1. The zero-order valence-corrected chi connectivity index (χ0v) is 15.8. The van der Waals surface area contributed by atoms with Crippen molar-refractivity contribution >= 4 is 11.9 Å². The molecule has 4 heteroatoms. The molecule has 0 aliphatic heterocycles. The molecule has 0 rings (SSSR count). The van der Waals surface area contributed by atoms with Gasteiger partial charge in [0.2, 0.25) is 0 Å². The van der Waals surface area contributed by atoms with E-state index >= 15 is 0 Å². The SMILES string of the molecule is CCCCCCCCCC(CC)CCCCCC(C(=O)O)C(=O)O. The molecule has 2 N–H and O–H groups in total. The second-order valence-corrected chi connectivity index (χ2v) is 7.05. The third-order valence-electron chi connectivity index (χ3n) is 4.99. The van der Waals surface area contributed by atoms with E-state index < -0.39 is 17.9 Å². The molecule has 0 saturated carbocycles. The lowest BCUT2D eigenvalue weighted by Gasteiger charge is -2.15. The summed E-state index contributed by atoms with van der Waals surface area (Å²) in [5.74, 6) is -2.89. The highest BCUT2D eigenvalue weighted by Crippen LogP contribution is 2.22. The molecule has 0 fully saturated rings. The van der Waals surface area contributed by atoms with E-state index in [1.807, 2.05) is 0 Å². The normalized spacial score (nSPS) is 12.5. The summed E-state index contributed by atoms with van der Waals surface area (Å²) in [6.45, 7) is 4.49. The lowest BCUT2D eigenvalue weighted by atomic mass is 9.91. The summed E-state index contributed by atoms with van der Waals surface area (Å²) in [6, 6.07) is 0. The highest BCUT2D eigenvalue weighted by molar-refractivity contribution is 5.92. The number of unbranched alkanes of at least 4 members (excludes halogenated alkanes) is 8. The predicted octanol–water partition coefficient (Wildman–Crippen LogP) is 5.89. The van der Waals surface area contributed by atoms with E-state index in [1.54, 1.807) is 0 Å². The minimum absolute atomic E-state index is 0.249. The second kappa shape index (κ2) is 15.5. The standard InChI is InChI=1S/C20H38O4/c1-3-5-6-7-8-9-11-14-17(4-2)15-12-10-13-16-18(19(21)22)20(23)24/h17-18H,3-16H2,1-2H3,(H,21,22)(H,23,24). The number of rotatable bonds is 17. The van der Waals surface area contributed by atoms with Gasteiger partial charge >= 0.3 is 11.9 Å². The number of carbonyl (C=O) groups is 2. The molecule has 0 aromatic heterocycles. The molecule has 0 bridgehead atoms. The van der Waals surface area contributed by atoms with Crippen molar-refractivity contribution in [3.63, 3.8) is 0 Å². The van der Waals surface area contributed by atoms with Gasteiger partial charge < -0.3 is 10.2 Å². The molecule has 0 aliphatic rings. The van der Waals surface area contributed by atoms with E-state index in [0.717, 1.165) is 18.8 Å². The summed E-state index contributed by atoms with van der Waals surface area (Å²) < 4.78 is 0. The first-order valence-corrected chi connectivity index (χ1v) is 9.98. The van der Waals surface area contributed by atoms with E-state index in [0.29, 0.717) is 6.42 Å². The summed E-state index contributed by atoms with van der Waals surface area (Å²) in [4.78, 5) is 21.6. The van der Waals surface area contributed by atoms with Gasteiger partial charge in [0.25, 0.3) is 0 Å². The van der Waals surface area contributed by atoms with Crippen LogP contribution in [0.3, 0.4) is 0 Å². The average Bonchev–Trinajstić information content (AvgIpc) is 2.54. The molecule has 0 amide bonds. The second-order valence-electron chi connectivity index (χ2n) is 7.05. The molecular weight excluding hydrogens is 304 g/mol. The molecule has 4 nitrogen and oxygen atoms in total. The molecule has 24 heavy (non-hydrogen) atoms. The van der Waals surface area contributed by atoms with Crippen molar-refractivity contribution in [2.45, 2.75) is 104 Å². The van der Waals surface area contributed by atoms with E-state index in [9.17, 15) is 9.59 Å². The van der Waals surface area contributed by atoms with Gasteiger partial charge in [-0.05, 0) is 12.3 Å². The smallest absolute Gasteiger partial charge is 0.317 e. The Kier molecular flexibility index (Phi) is 14.8. The summed E-state index contributed by atoms with van der Waals surface area (Å²) in [7, 11) is 0. The van der Waals surface area contributed by atoms with Gasteiger partial charge in [-0.3, -0.25) is 9.59 Å². The third-order valence-corrected chi connectivity index (χ3v) is 4.99. The minimum Gasteiger partial charge on any atom is -0.481 e. The molecule has 0 aromatic carbocycles. The van der Waals surface area contributed by atoms with Gasteiger partial charge in [-0.15, -0.1) is 0 Å². The zero-order chi connectivity index (χ0) is 18.2. The molecule has 0 saturated heterocycles. The van der Waals surface area contributed by atoms with Crippen LogP contribution in [0.25, 0.3) is 0 Å². The first-order valence-electron chi connectivity index (χ1n) is 9.98. The van der Waals surface area contributed by atoms with Crippen molar-refractivity contribution in [3.8, 4) is 0 Å². The van der Waals surface area contributed by atoms with Gasteiger partial charge in [0.1, 0.15) is 0 Å². The van der Waals surface area contributed by atoms with Crippen LogP contribution in [-0.2, 0) is 9.59 Å². The first kappa shape index (κ1) is 22.9. The molecule has 1 unspecified atom stereocenters. The van der Waals surface area contributed by atoms with E-state index in [1.165, 1.54) is 64.2 Å². The van der Waals surface area contributed by atoms with Crippen LogP contribution >= 0.6 is 0 Å². The topological polar surface area (TPSA) is 74.6 Å². The van der Waals surface area contributed by atoms with Crippen molar-refractivity contribution in [2.24, 2.45) is 11.8 Å². The summed E-state index contributed by atoms with van der Waals surface area (Å²) in [5, 5.41) is 17.7. The lowest BCUT2D eigenvalue weighted by molar-refractivity contribution is -0.154. The van der Waals surface area contributed by atoms with Crippen molar-refractivity contribution in [2.75, 3.05) is 0 Å². The summed E-state index contributed by atoms with van der Waals surface area (Å²) in [5.41, 5.74) is 0. The quantitative estimate of drug-likeness (QED) is 0.255. The Labute approximate surface area is 148 Å². The maximum absolute atomic E-state index is 10.8. The monoisotopic (exact) mass is 342 g/mol. The van der Waals surface area contributed by atoms with Crippen molar-refractivity contribution in [1.29, 1.82) is 0 Å². The maximum Gasteiger partial charge on any atom is 0.317 e. The van der Waals surface area contributed by atoms with Crippen LogP contribution in [0.2, 0.25) is 0 Å². The molecule has 142 valence electrons. The Hall–Kier alpha value is -1.06. The third kappa shape index (κ3) is 12.4. The lowest BCUT2D eigenvalue weighted by Crippen LogP contribution is -2.23. The Morgan fingerprint density at radius 1 is 0.667 bits per heavy atom.